The quantitative estimate of drug-likeness (QED) is 0.769. The van der Waals surface area contributed by atoms with Crippen LogP contribution in [-0.4, -0.2) is 36.0 Å². The number of amides is 1. The molecule has 1 aromatic carbocycles. The summed E-state index contributed by atoms with van der Waals surface area (Å²) >= 11 is 1.57. The molecule has 1 aliphatic rings. The second kappa shape index (κ2) is 9.17. The number of carbonyl (C=O) groups excluding carboxylic acids is 1. The largest absolute Gasteiger partial charge is 0.494 e. The molecule has 0 saturated heterocycles. The first-order valence-corrected chi connectivity index (χ1v) is 9.18. The van der Waals surface area contributed by atoms with E-state index in [1.165, 1.54) is 4.88 Å². The number of benzene rings is 1. The van der Waals surface area contributed by atoms with E-state index in [4.69, 9.17) is 4.74 Å². The Bertz CT molecular complexity index is 720. The van der Waals surface area contributed by atoms with Crippen molar-refractivity contribution in [1.29, 1.82) is 0 Å². The molecule has 25 heavy (non-hydrogen) atoms. The molecule has 0 saturated carbocycles. The third-order valence-corrected chi connectivity index (χ3v) is 5.00. The van der Waals surface area contributed by atoms with E-state index in [0.717, 1.165) is 43.8 Å². The number of fused-ring (bicyclic) bond motifs is 1. The van der Waals surface area contributed by atoms with Crippen molar-refractivity contribution in [1.82, 2.24) is 9.88 Å². The molecule has 1 aliphatic heterocycles. The molecule has 0 bridgehead atoms. The van der Waals surface area contributed by atoms with Gasteiger partial charge in [-0.3, -0.25) is 10.1 Å². The van der Waals surface area contributed by atoms with Crippen molar-refractivity contribution in [3.05, 3.63) is 40.4 Å². The highest BCUT2D eigenvalue weighted by molar-refractivity contribution is 7.15. The van der Waals surface area contributed by atoms with Crippen LogP contribution in [-0.2, 0) is 13.0 Å². The lowest BCUT2D eigenvalue weighted by Crippen LogP contribution is -2.25. The molecule has 3 rings (SSSR count). The number of halogens is 1. The minimum Gasteiger partial charge on any atom is -0.494 e. The van der Waals surface area contributed by atoms with Gasteiger partial charge in [0, 0.05) is 30.0 Å². The van der Waals surface area contributed by atoms with Gasteiger partial charge in [-0.15, -0.1) is 23.7 Å². The number of unbranched alkanes of at least 4 members (excludes halogenated alkanes) is 1. The van der Waals surface area contributed by atoms with Crippen molar-refractivity contribution in [2.75, 3.05) is 25.5 Å². The van der Waals surface area contributed by atoms with Crippen molar-refractivity contribution >= 4 is 34.8 Å². The minimum absolute atomic E-state index is 0. The first kappa shape index (κ1) is 19.7. The summed E-state index contributed by atoms with van der Waals surface area (Å²) in [4.78, 5) is 20.5. The molecule has 1 amide bonds. The highest BCUT2D eigenvalue weighted by Crippen LogP contribution is 2.28. The highest BCUT2D eigenvalue weighted by Gasteiger charge is 2.19. The molecule has 2 heterocycles. The number of likely N-dealkylation sites (N-methyl/N-ethyl adjacent to an activating group) is 1. The molecule has 7 heteroatoms. The lowest BCUT2D eigenvalue weighted by Gasteiger charge is -2.20. The summed E-state index contributed by atoms with van der Waals surface area (Å²) in [6, 6.07) is 7.30. The molecular formula is C18H24ClN3O2S. The van der Waals surface area contributed by atoms with Gasteiger partial charge in [0.1, 0.15) is 5.75 Å². The average molecular weight is 382 g/mol. The van der Waals surface area contributed by atoms with Gasteiger partial charge in [0.2, 0.25) is 0 Å². The highest BCUT2D eigenvalue weighted by atomic mass is 35.5. The van der Waals surface area contributed by atoms with E-state index >= 15 is 0 Å². The van der Waals surface area contributed by atoms with Crippen LogP contribution in [0.5, 0.6) is 5.75 Å². The summed E-state index contributed by atoms with van der Waals surface area (Å²) in [7, 11) is 2.10. The summed E-state index contributed by atoms with van der Waals surface area (Å²) < 4.78 is 5.67. The zero-order chi connectivity index (χ0) is 16.9. The number of nitrogens with zero attached hydrogens (tertiary/aromatic N) is 2. The fraction of sp³-hybridized carbons (Fsp3) is 0.444. The van der Waals surface area contributed by atoms with E-state index in [2.05, 4.69) is 29.2 Å². The number of hydrogen-bond acceptors (Lipinski definition) is 5. The number of hydrogen-bond donors (Lipinski definition) is 1. The van der Waals surface area contributed by atoms with Gasteiger partial charge >= 0.3 is 0 Å². The van der Waals surface area contributed by atoms with Gasteiger partial charge in [-0.1, -0.05) is 19.4 Å². The molecule has 0 unspecified atom stereocenters. The van der Waals surface area contributed by atoms with Crippen molar-refractivity contribution in [2.45, 2.75) is 32.7 Å². The van der Waals surface area contributed by atoms with Crippen molar-refractivity contribution in [3.63, 3.8) is 0 Å². The number of aromatic nitrogens is 1. The zero-order valence-corrected chi connectivity index (χ0v) is 16.2. The van der Waals surface area contributed by atoms with E-state index in [-0.39, 0.29) is 18.3 Å². The normalized spacial score (nSPS) is 13.7. The maximum absolute atomic E-state index is 12.5. The molecular weight excluding hydrogens is 358 g/mol. The fourth-order valence-corrected chi connectivity index (χ4v) is 3.69. The van der Waals surface area contributed by atoms with Crippen molar-refractivity contribution < 1.29 is 9.53 Å². The third-order valence-electron chi connectivity index (χ3n) is 4.01. The lowest BCUT2D eigenvalue weighted by atomic mass is 10.2. The number of ether oxygens (including phenoxy) is 1. The SMILES string of the molecule is CCCCOc1cccc(C(=O)Nc2nc3c(s2)CN(C)CC3)c1.Cl. The minimum atomic E-state index is -0.143. The Balaban J connectivity index is 0.00000225. The Labute approximate surface area is 158 Å². The maximum atomic E-state index is 12.5. The van der Waals surface area contributed by atoms with Crippen LogP contribution in [0.3, 0.4) is 0 Å². The summed E-state index contributed by atoms with van der Waals surface area (Å²) in [6.45, 7) is 4.72. The molecule has 0 aliphatic carbocycles. The number of nitrogens with one attached hydrogen (secondary N) is 1. The summed E-state index contributed by atoms with van der Waals surface area (Å²) in [6.07, 6.45) is 3.04. The van der Waals surface area contributed by atoms with E-state index < -0.39 is 0 Å². The zero-order valence-electron chi connectivity index (χ0n) is 14.6. The maximum Gasteiger partial charge on any atom is 0.257 e. The monoisotopic (exact) mass is 381 g/mol. The molecule has 5 nitrogen and oxygen atoms in total. The van der Waals surface area contributed by atoms with Gasteiger partial charge in [0.05, 0.1) is 12.3 Å². The van der Waals surface area contributed by atoms with Gasteiger partial charge in [-0.2, -0.15) is 0 Å². The third kappa shape index (κ3) is 5.17. The van der Waals surface area contributed by atoms with Gasteiger partial charge < -0.3 is 9.64 Å². The van der Waals surface area contributed by atoms with E-state index in [1.54, 1.807) is 23.5 Å². The van der Waals surface area contributed by atoms with Crippen LogP contribution >= 0.6 is 23.7 Å². The van der Waals surface area contributed by atoms with Crippen LogP contribution in [0, 0.1) is 0 Å². The Morgan fingerprint density at radius 2 is 2.28 bits per heavy atom. The molecule has 0 fully saturated rings. The first-order chi connectivity index (χ1) is 11.7. The van der Waals surface area contributed by atoms with Crippen LogP contribution in [0.4, 0.5) is 5.13 Å². The lowest BCUT2D eigenvalue weighted by molar-refractivity contribution is 0.102. The van der Waals surface area contributed by atoms with E-state index in [9.17, 15) is 4.79 Å². The smallest absolute Gasteiger partial charge is 0.257 e. The molecule has 0 spiro atoms. The second-order valence-electron chi connectivity index (χ2n) is 6.06. The van der Waals surface area contributed by atoms with Crippen LogP contribution < -0.4 is 10.1 Å². The molecule has 2 aromatic rings. The molecule has 136 valence electrons. The Hall–Kier alpha value is -1.63. The second-order valence-corrected chi connectivity index (χ2v) is 7.14. The number of carbonyl (C=O) groups is 1. The van der Waals surface area contributed by atoms with E-state index in [0.29, 0.717) is 17.3 Å². The van der Waals surface area contributed by atoms with Gasteiger partial charge in [-0.05, 0) is 31.7 Å². The van der Waals surface area contributed by atoms with Gasteiger partial charge in [0.25, 0.3) is 5.91 Å². The van der Waals surface area contributed by atoms with Crippen LogP contribution in [0.2, 0.25) is 0 Å². The van der Waals surface area contributed by atoms with Gasteiger partial charge in [-0.25, -0.2) is 4.98 Å². The first-order valence-electron chi connectivity index (χ1n) is 8.37. The fourth-order valence-electron chi connectivity index (χ4n) is 2.61. The molecule has 1 aromatic heterocycles. The van der Waals surface area contributed by atoms with Crippen molar-refractivity contribution in [3.8, 4) is 5.75 Å². The summed E-state index contributed by atoms with van der Waals surface area (Å²) in [5, 5.41) is 3.60. The van der Waals surface area contributed by atoms with Crippen LogP contribution in [0.1, 0.15) is 40.7 Å². The molecule has 0 radical (unpaired) electrons. The molecule has 0 atom stereocenters. The predicted molar refractivity (Wildman–Crippen MR) is 104 cm³/mol. The van der Waals surface area contributed by atoms with Gasteiger partial charge in [0.15, 0.2) is 5.13 Å². The Morgan fingerprint density at radius 1 is 1.44 bits per heavy atom. The standard InChI is InChI=1S/C18H23N3O2S.ClH/c1-3-4-10-23-14-7-5-6-13(11-14)17(22)20-18-19-15-8-9-21(2)12-16(15)24-18;/h5-7,11H,3-4,8-10,12H2,1-2H3,(H,19,20,22);1H. The number of thiazole rings is 1. The summed E-state index contributed by atoms with van der Waals surface area (Å²) in [5.41, 5.74) is 1.71. The average Bonchev–Trinajstić information content (AvgIpc) is 2.96. The Kier molecular flexibility index (Phi) is 7.23. The summed E-state index contributed by atoms with van der Waals surface area (Å²) in [5.74, 6) is 0.589. The van der Waals surface area contributed by atoms with E-state index in [1.807, 2.05) is 12.1 Å². The van der Waals surface area contributed by atoms with Crippen LogP contribution in [0.25, 0.3) is 0 Å². The number of rotatable bonds is 6. The Morgan fingerprint density at radius 3 is 3.08 bits per heavy atom. The van der Waals surface area contributed by atoms with Crippen molar-refractivity contribution in [2.24, 2.45) is 0 Å². The topological polar surface area (TPSA) is 54.5 Å². The van der Waals surface area contributed by atoms with Crippen LogP contribution in [0.15, 0.2) is 24.3 Å². The number of anilines is 1. The predicted octanol–water partition coefficient (Wildman–Crippen LogP) is 3.98. The molecule has 1 N–H and O–H groups in total.